The maximum absolute atomic E-state index is 12.2. The smallest absolute Gasteiger partial charge is 0.254 e. The quantitative estimate of drug-likeness (QED) is 0.714. The number of imide groups is 1. The molecule has 1 saturated heterocycles. The third-order valence-corrected chi connectivity index (χ3v) is 3.07. The van der Waals surface area contributed by atoms with E-state index < -0.39 is 17.9 Å². The normalized spacial score (nSPS) is 19.3. The van der Waals surface area contributed by atoms with Gasteiger partial charge in [-0.3, -0.25) is 19.7 Å². The van der Waals surface area contributed by atoms with Crippen molar-refractivity contribution in [2.24, 2.45) is 0 Å². The van der Waals surface area contributed by atoms with Gasteiger partial charge in [0.25, 0.3) is 5.91 Å². The molecule has 2 rings (SSSR count). The van der Waals surface area contributed by atoms with Crippen molar-refractivity contribution in [1.82, 2.24) is 10.2 Å². The standard InChI is InChI=1S/C13H14N2O4/c1-8-12(18)14-11(17)6-15(8)13(19)10-4-2-9(7-16)3-5-10/h2-5,8,16H,6-7H2,1H3,(H,14,17,18). The van der Waals surface area contributed by atoms with Crippen molar-refractivity contribution in [2.45, 2.75) is 19.6 Å². The topological polar surface area (TPSA) is 86.7 Å². The summed E-state index contributed by atoms with van der Waals surface area (Å²) < 4.78 is 0. The van der Waals surface area contributed by atoms with E-state index in [1.165, 1.54) is 4.90 Å². The predicted octanol–water partition coefficient (Wildman–Crippen LogP) is -0.334. The molecule has 100 valence electrons. The summed E-state index contributed by atoms with van der Waals surface area (Å²) in [5.74, 6) is -1.33. The van der Waals surface area contributed by atoms with Crippen LogP contribution >= 0.6 is 0 Å². The zero-order valence-electron chi connectivity index (χ0n) is 10.4. The summed E-state index contributed by atoms with van der Waals surface area (Å²) in [5, 5.41) is 11.1. The molecule has 19 heavy (non-hydrogen) atoms. The van der Waals surface area contributed by atoms with Crippen molar-refractivity contribution in [2.75, 3.05) is 6.54 Å². The van der Waals surface area contributed by atoms with Gasteiger partial charge in [0.2, 0.25) is 11.8 Å². The molecule has 1 unspecified atom stereocenters. The molecule has 1 heterocycles. The Kier molecular flexibility index (Phi) is 3.62. The number of hydrogen-bond donors (Lipinski definition) is 2. The van der Waals surface area contributed by atoms with Gasteiger partial charge >= 0.3 is 0 Å². The highest BCUT2D eigenvalue weighted by Crippen LogP contribution is 2.12. The van der Waals surface area contributed by atoms with Gasteiger partial charge in [-0.1, -0.05) is 12.1 Å². The Morgan fingerprint density at radius 3 is 2.58 bits per heavy atom. The lowest BCUT2D eigenvalue weighted by molar-refractivity contribution is -0.138. The second-order valence-corrected chi connectivity index (χ2v) is 4.38. The molecule has 1 aliphatic heterocycles. The van der Waals surface area contributed by atoms with Crippen molar-refractivity contribution in [3.8, 4) is 0 Å². The van der Waals surface area contributed by atoms with Crippen LogP contribution in [-0.4, -0.2) is 40.3 Å². The molecule has 0 aliphatic carbocycles. The van der Waals surface area contributed by atoms with E-state index in [4.69, 9.17) is 5.11 Å². The third-order valence-electron chi connectivity index (χ3n) is 3.07. The van der Waals surface area contributed by atoms with Crippen LogP contribution < -0.4 is 5.32 Å². The first-order valence-corrected chi connectivity index (χ1v) is 5.87. The monoisotopic (exact) mass is 262 g/mol. The van der Waals surface area contributed by atoms with Gasteiger partial charge in [-0.25, -0.2) is 0 Å². The zero-order valence-corrected chi connectivity index (χ0v) is 10.4. The number of amides is 3. The number of benzene rings is 1. The molecule has 0 aromatic heterocycles. The fraction of sp³-hybridized carbons (Fsp3) is 0.308. The Morgan fingerprint density at radius 2 is 2.00 bits per heavy atom. The summed E-state index contributed by atoms with van der Waals surface area (Å²) >= 11 is 0. The predicted molar refractivity (Wildman–Crippen MR) is 66.0 cm³/mol. The van der Waals surface area contributed by atoms with Gasteiger partial charge in [0.1, 0.15) is 12.6 Å². The highest BCUT2D eigenvalue weighted by atomic mass is 16.3. The van der Waals surface area contributed by atoms with Gasteiger partial charge in [0.05, 0.1) is 6.61 Å². The third kappa shape index (κ3) is 2.63. The molecule has 3 amide bonds. The molecule has 1 atom stereocenters. The van der Waals surface area contributed by atoms with Gasteiger partial charge in [0.15, 0.2) is 0 Å². The molecular weight excluding hydrogens is 248 g/mol. The summed E-state index contributed by atoms with van der Waals surface area (Å²) in [4.78, 5) is 36.3. The minimum atomic E-state index is -0.678. The van der Waals surface area contributed by atoms with E-state index >= 15 is 0 Å². The molecule has 0 bridgehead atoms. The average Bonchev–Trinajstić information content (AvgIpc) is 2.42. The van der Waals surface area contributed by atoms with E-state index in [1.54, 1.807) is 31.2 Å². The molecule has 2 N–H and O–H groups in total. The largest absolute Gasteiger partial charge is 0.392 e. The second-order valence-electron chi connectivity index (χ2n) is 4.38. The highest BCUT2D eigenvalue weighted by molar-refractivity contribution is 6.07. The van der Waals surface area contributed by atoms with Crippen LogP contribution in [0.4, 0.5) is 0 Å². The Morgan fingerprint density at radius 1 is 1.37 bits per heavy atom. The van der Waals surface area contributed by atoms with E-state index in [0.717, 1.165) is 0 Å². The number of aliphatic hydroxyl groups is 1. The van der Waals surface area contributed by atoms with Crippen molar-refractivity contribution in [3.05, 3.63) is 35.4 Å². The maximum atomic E-state index is 12.2. The molecule has 1 aromatic rings. The van der Waals surface area contributed by atoms with Crippen LogP contribution in [0.5, 0.6) is 0 Å². The van der Waals surface area contributed by atoms with Crippen molar-refractivity contribution < 1.29 is 19.5 Å². The summed E-state index contributed by atoms with van der Waals surface area (Å²) in [5.41, 5.74) is 1.07. The Labute approximate surface area is 110 Å². The molecule has 6 nitrogen and oxygen atoms in total. The number of piperazine rings is 1. The van der Waals surface area contributed by atoms with E-state index in [9.17, 15) is 14.4 Å². The lowest BCUT2D eigenvalue weighted by atomic mass is 10.1. The van der Waals surface area contributed by atoms with Gasteiger partial charge in [0, 0.05) is 5.56 Å². The fourth-order valence-electron chi connectivity index (χ4n) is 1.88. The minimum Gasteiger partial charge on any atom is -0.392 e. The summed E-state index contributed by atoms with van der Waals surface area (Å²) in [6.45, 7) is 1.34. The number of aliphatic hydroxyl groups excluding tert-OH is 1. The first kappa shape index (κ1) is 13.2. The molecule has 1 aromatic carbocycles. The van der Waals surface area contributed by atoms with Crippen molar-refractivity contribution >= 4 is 17.7 Å². The molecule has 0 saturated carbocycles. The number of nitrogens with zero attached hydrogens (tertiary/aromatic N) is 1. The van der Waals surface area contributed by atoms with Crippen LogP contribution in [0.25, 0.3) is 0 Å². The average molecular weight is 262 g/mol. The Hall–Kier alpha value is -2.21. The van der Waals surface area contributed by atoms with E-state index in [0.29, 0.717) is 11.1 Å². The molecule has 0 radical (unpaired) electrons. The minimum absolute atomic E-state index is 0.102. The SMILES string of the molecule is CC1C(=O)NC(=O)CN1C(=O)c1ccc(CO)cc1. The number of hydrogen-bond acceptors (Lipinski definition) is 4. The highest BCUT2D eigenvalue weighted by Gasteiger charge is 2.33. The molecule has 1 aliphatic rings. The Bertz CT molecular complexity index is 524. The maximum Gasteiger partial charge on any atom is 0.254 e. The van der Waals surface area contributed by atoms with Gasteiger partial charge in [-0.2, -0.15) is 0 Å². The van der Waals surface area contributed by atoms with Crippen LogP contribution in [0.2, 0.25) is 0 Å². The lowest BCUT2D eigenvalue weighted by Gasteiger charge is -2.31. The van der Waals surface area contributed by atoms with Crippen LogP contribution in [0.1, 0.15) is 22.8 Å². The van der Waals surface area contributed by atoms with Crippen LogP contribution in [-0.2, 0) is 16.2 Å². The number of rotatable bonds is 2. The number of carbonyl (C=O) groups is 3. The molecular formula is C13H14N2O4. The lowest BCUT2D eigenvalue weighted by Crippen LogP contribution is -2.58. The number of carbonyl (C=O) groups excluding carboxylic acids is 3. The molecule has 1 fully saturated rings. The first-order valence-electron chi connectivity index (χ1n) is 5.87. The fourth-order valence-corrected chi connectivity index (χ4v) is 1.88. The Balaban J connectivity index is 2.22. The van der Waals surface area contributed by atoms with E-state index in [-0.39, 0.29) is 19.1 Å². The van der Waals surface area contributed by atoms with E-state index in [1.807, 2.05) is 0 Å². The second kappa shape index (κ2) is 5.19. The summed E-state index contributed by atoms with van der Waals surface area (Å²) in [7, 11) is 0. The van der Waals surface area contributed by atoms with Crippen molar-refractivity contribution in [3.63, 3.8) is 0 Å². The summed E-state index contributed by atoms with van der Waals surface area (Å²) in [6, 6.07) is 5.71. The van der Waals surface area contributed by atoms with Crippen LogP contribution in [0.3, 0.4) is 0 Å². The van der Waals surface area contributed by atoms with Crippen LogP contribution in [0.15, 0.2) is 24.3 Å². The van der Waals surface area contributed by atoms with Crippen molar-refractivity contribution in [1.29, 1.82) is 0 Å². The molecule has 6 heteroatoms. The van der Waals surface area contributed by atoms with Gasteiger partial charge in [-0.05, 0) is 24.6 Å². The van der Waals surface area contributed by atoms with Gasteiger partial charge < -0.3 is 10.0 Å². The first-order chi connectivity index (χ1) is 9.02. The zero-order chi connectivity index (χ0) is 14.0. The van der Waals surface area contributed by atoms with Crippen LogP contribution in [0, 0.1) is 0 Å². The number of nitrogens with one attached hydrogen (secondary N) is 1. The van der Waals surface area contributed by atoms with E-state index in [2.05, 4.69) is 5.32 Å². The van der Waals surface area contributed by atoms with Gasteiger partial charge in [-0.15, -0.1) is 0 Å². The molecule has 0 spiro atoms. The summed E-state index contributed by atoms with van der Waals surface area (Å²) in [6.07, 6.45) is 0.